The number of benzene rings is 2. The standard InChI is InChI=1S/C28H30N4OS/c1-19-10-12-22-25(29)26(34-28(22)31-19)27(33)30-15-14-20-11-13-24(32-16-6-3-7-17-32)23(18-20)21-8-4-2-5-9-21/h2,4-5,8-13,18H,3,6-7,14-17,29H2,1H3,(H,30,33). The van der Waals surface area contributed by atoms with Crippen molar-refractivity contribution >= 4 is 38.8 Å². The molecule has 0 aliphatic carbocycles. The molecule has 1 fully saturated rings. The second-order valence-electron chi connectivity index (χ2n) is 8.92. The highest BCUT2D eigenvalue weighted by Crippen LogP contribution is 2.34. The van der Waals surface area contributed by atoms with Gasteiger partial charge in [0.2, 0.25) is 0 Å². The molecular weight excluding hydrogens is 440 g/mol. The number of aromatic nitrogens is 1. The molecule has 1 amide bonds. The minimum Gasteiger partial charge on any atom is -0.397 e. The van der Waals surface area contributed by atoms with Crippen LogP contribution in [0.4, 0.5) is 11.4 Å². The fourth-order valence-corrected chi connectivity index (χ4v) is 5.71. The summed E-state index contributed by atoms with van der Waals surface area (Å²) in [4.78, 5) is 21.2. The second-order valence-corrected chi connectivity index (χ2v) is 9.92. The van der Waals surface area contributed by atoms with E-state index in [4.69, 9.17) is 5.73 Å². The van der Waals surface area contributed by atoms with Crippen LogP contribution < -0.4 is 16.0 Å². The number of piperidine rings is 1. The van der Waals surface area contributed by atoms with Crippen molar-refractivity contribution in [2.24, 2.45) is 0 Å². The topological polar surface area (TPSA) is 71.2 Å². The molecule has 1 aliphatic rings. The van der Waals surface area contributed by atoms with Crippen LogP contribution in [0.3, 0.4) is 0 Å². The van der Waals surface area contributed by atoms with Crippen molar-refractivity contribution in [3.05, 3.63) is 76.8 Å². The lowest BCUT2D eigenvalue weighted by molar-refractivity contribution is 0.0959. The zero-order chi connectivity index (χ0) is 23.5. The number of pyridine rings is 1. The first-order valence-electron chi connectivity index (χ1n) is 12.0. The Hall–Kier alpha value is -3.38. The number of fused-ring (bicyclic) bond motifs is 1. The first-order valence-corrected chi connectivity index (χ1v) is 12.8. The molecule has 1 saturated heterocycles. The van der Waals surface area contributed by atoms with Gasteiger partial charge in [-0.3, -0.25) is 4.79 Å². The van der Waals surface area contributed by atoms with E-state index in [-0.39, 0.29) is 5.91 Å². The maximum atomic E-state index is 12.8. The first-order chi connectivity index (χ1) is 16.6. The SMILES string of the molecule is Cc1ccc2c(N)c(C(=O)NCCc3ccc(N4CCCCC4)c(-c4ccccc4)c3)sc2n1. The van der Waals surface area contributed by atoms with E-state index in [0.717, 1.165) is 35.4 Å². The predicted molar refractivity (Wildman–Crippen MR) is 143 cm³/mol. The quantitative estimate of drug-likeness (QED) is 0.373. The van der Waals surface area contributed by atoms with Crippen LogP contribution in [0.5, 0.6) is 0 Å². The van der Waals surface area contributed by atoms with Crippen LogP contribution in [-0.4, -0.2) is 30.5 Å². The van der Waals surface area contributed by atoms with Gasteiger partial charge in [-0.25, -0.2) is 4.98 Å². The van der Waals surface area contributed by atoms with Crippen LogP contribution in [0.15, 0.2) is 60.7 Å². The summed E-state index contributed by atoms with van der Waals surface area (Å²) in [6.45, 7) is 4.71. The average molecular weight is 471 g/mol. The van der Waals surface area contributed by atoms with Crippen LogP contribution >= 0.6 is 11.3 Å². The summed E-state index contributed by atoms with van der Waals surface area (Å²) in [6, 6.07) is 21.2. The van der Waals surface area contributed by atoms with Crippen molar-refractivity contribution in [1.82, 2.24) is 10.3 Å². The molecule has 5 nitrogen and oxygen atoms in total. The summed E-state index contributed by atoms with van der Waals surface area (Å²) in [5, 5.41) is 3.90. The number of amides is 1. The Labute approximate surface area is 204 Å². The van der Waals surface area contributed by atoms with Gasteiger partial charge in [0.25, 0.3) is 5.91 Å². The highest BCUT2D eigenvalue weighted by Gasteiger charge is 2.18. The van der Waals surface area contributed by atoms with Gasteiger partial charge in [-0.15, -0.1) is 11.3 Å². The molecule has 0 saturated carbocycles. The Bertz CT molecular complexity index is 1310. The van der Waals surface area contributed by atoms with Crippen molar-refractivity contribution < 1.29 is 4.79 Å². The van der Waals surface area contributed by atoms with E-state index >= 15 is 0 Å². The van der Waals surface area contributed by atoms with Gasteiger partial charge in [-0.1, -0.05) is 36.4 Å². The highest BCUT2D eigenvalue weighted by atomic mass is 32.1. The van der Waals surface area contributed by atoms with Crippen LogP contribution in [-0.2, 0) is 6.42 Å². The van der Waals surface area contributed by atoms with E-state index < -0.39 is 0 Å². The second kappa shape index (κ2) is 9.85. The minimum absolute atomic E-state index is 0.133. The smallest absolute Gasteiger partial charge is 0.263 e. The zero-order valence-corrected chi connectivity index (χ0v) is 20.3. The van der Waals surface area contributed by atoms with E-state index in [1.807, 2.05) is 19.1 Å². The third kappa shape index (κ3) is 4.64. The summed E-state index contributed by atoms with van der Waals surface area (Å²) >= 11 is 1.36. The number of aryl methyl sites for hydroxylation is 1. The molecule has 3 heterocycles. The fraction of sp³-hybridized carbons (Fsp3) is 0.286. The number of nitrogens with two attached hydrogens (primary N) is 1. The Morgan fingerprint density at radius 3 is 2.65 bits per heavy atom. The lowest BCUT2D eigenvalue weighted by atomic mass is 9.97. The number of carbonyl (C=O) groups is 1. The Kier molecular flexibility index (Phi) is 6.50. The molecule has 1 aliphatic heterocycles. The molecule has 3 N–H and O–H groups in total. The number of thiophene rings is 1. The van der Waals surface area contributed by atoms with Gasteiger partial charge < -0.3 is 16.0 Å². The van der Waals surface area contributed by atoms with E-state index in [1.165, 1.54) is 53.0 Å². The molecule has 5 rings (SSSR count). The number of rotatable bonds is 6. The van der Waals surface area contributed by atoms with Crippen molar-refractivity contribution in [2.45, 2.75) is 32.6 Å². The summed E-state index contributed by atoms with van der Waals surface area (Å²) in [5.41, 5.74) is 12.7. The molecule has 34 heavy (non-hydrogen) atoms. The zero-order valence-electron chi connectivity index (χ0n) is 19.5. The van der Waals surface area contributed by atoms with Gasteiger partial charge >= 0.3 is 0 Å². The van der Waals surface area contributed by atoms with Crippen molar-refractivity contribution in [2.75, 3.05) is 30.3 Å². The number of hydrogen-bond acceptors (Lipinski definition) is 5. The number of anilines is 2. The molecule has 0 radical (unpaired) electrons. The minimum atomic E-state index is -0.133. The number of nitrogens with zero attached hydrogens (tertiary/aromatic N) is 2. The Morgan fingerprint density at radius 2 is 1.85 bits per heavy atom. The molecular formula is C28H30N4OS. The molecule has 6 heteroatoms. The Balaban J connectivity index is 1.32. The van der Waals surface area contributed by atoms with Crippen LogP contribution in [0.25, 0.3) is 21.3 Å². The average Bonchev–Trinajstić information content (AvgIpc) is 3.20. The highest BCUT2D eigenvalue weighted by molar-refractivity contribution is 7.21. The number of carbonyl (C=O) groups excluding carboxylic acids is 1. The molecule has 0 atom stereocenters. The third-order valence-corrected chi connectivity index (χ3v) is 7.59. The molecule has 4 aromatic rings. The normalized spacial score (nSPS) is 13.9. The van der Waals surface area contributed by atoms with Gasteiger partial charge in [-0.2, -0.15) is 0 Å². The lowest BCUT2D eigenvalue weighted by Crippen LogP contribution is -2.30. The van der Waals surface area contributed by atoms with Gasteiger partial charge in [0, 0.05) is 42.0 Å². The molecule has 2 aromatic carbocycles. The van der Waals surface area contributed by atoms with Gasteiger partial charge in [0.05, 0.1) is 5.69 Å². The maximum Gasteiger partial charge on any atom is 0.263 e. The van der Waals surface area contributed by atoms with Crippen LogP contribution in [0.2, 0.25) is 0 Å². The van der Waals surface area contributed by atoms with E-state index in [9.17, 15) is 4.79 Å². The van der Waals surface area contributed by atoms with Crippen LogP contribution in [0.1, 0.15) is 40.2 Å². The molecule has 0 spiro atoms. The molecule has 0 bridgehead atoms. The third-order valence-electron chi connectivity index (χ3n) is 6.48. The Morgan fingerprint density at radius 1 is 1.06 bits per heavy atom. The van der Waals surface area contributed by atoms with Gasteiger partial charge in [-0.05, 0) is 68.0 Å². The van der Waals surface area contributed by atoms with E-state index in [1.54, 1.807) is 0 Å². The first kappa shape index (κ1) is 22.4. The number of hydrogen-bond donors (Lipinski definition) is 2. The van der Waals surface area contributed by atoms with Crippen molar-refractivity contribution in [3.63, 3.8) is 0 Å². The largest absolute Gasteiger partial charge is 0.397 e. The van der Waals surface area contributed by atoms with E-state index in [0.29, 0.717) is 17.1 Å². The van der Waals surface area contributed by atoms with E-state index in [2.05, 4.69) is 63.7 Å². The molecule has 2 aromatic heterocycles. The molecule has 0 unspecified atom stereocenters. The summed E-state index contributed by atoms with van der Waals surface area (Å²) in [6.07, 6.45) is 4.57. The van der Waals surface area contributed by atoms with Gasteiger partial charge in [0.15, 0.2) is 0 Å². The van der Waals surface area contributed by atoms with Crippen molar-refractivity contribution in [3.8, 4) is 11.1 Å². The predicted octanol–water partition coefficient (Wildman–Crippen LogP) is 5.82. The van der Waals surface area contributed by atoms with Crippen LogP contribution in [0, 0.1) is 6.92 Å². The van der Waals surface area contributed by atoms with Gasteiger partial charge in [0.1, 0.15) is 9.71 Å². The monoisotopic (exact) mass is 470 g/mol. The summed E-state index contributed by atoms with van der Waals surface area (Å²) in [7, 11) is 0. The van der Waals surface area contributed by atoms with Crippen molar-refractivity contribution in [1.29, 1.82) is 0 Å². The summed E-state index contributed by atoms with van der Waals surface area (Å²) < 4.78 is 0. The fourth-order valence-electron chi connectivity index (χ4n) is 4.66. The lowest BCUT2D eigenvalue weighted by Gasteiger charge is -2.31. The summed E-state index contributed by atoms with van der Waals surface area (Å²) in [5.74, 6) is -0.133. The molecule has 174 valence electrons. The number of nitrogen functional groups attached to an aromatic ring is 1. The number of nitrogens with one attached hydrogen (secondary N) is 1. The maximum absolute atomic E-state index is 12.8.